The maximum absolute atomic E-state index is 13.7. The van der Waals surface area contributed by atoms with Crippen LogP contribution in [0.4, 0.5) is 15.8 Å². The molecule has 0 saturated heterocycles. The number of hydrogen-bond acceptors (Lipinski definition) is 3. The molecule has 4 heteroatoms. The Morgan fingerprint density at radius 2 is 1.95 bits per heavy atom. The van der Waals surface area contributed by atoms with Crippen LogP contribution < -0.4 is 10.1 Å². The van der Waals surface area contributed by atoms with Crippen LogP contribution in [0.1, 0.15) is 0 Å². The minimum atomic E-state index is -0.398. The minimum Gasteiger partial charge on any atom is -0.494 e. The average Bonchev–Trinajstić information content (AvgIpc) is 2.48. The molecule has 0 aliphatic carbocycles. The molecule has 0 atom stereocenters. The van der Waals surface area contributed by atoms with Gasteiger partial charge in [0, 0.05) is 23.3 Å². The van der Waals surface area contributed by atoms with Crippen molar-refractivity contribution >= 4 is 22.3 Å². The molecular weight excluding hydrogens is 255 g/mol. The molecule has 0 fully saturated rings. The highest BCUT2D eigenvalue weighted by Crippen LogP contribution is 2.27. The highest BCUT2D eigenvalue weighted by molar-refractivity contribution is 5.91. The molecule has 0 radical (unpaired) electrons. The third-order valence-corrected chi connectivity index (χ3v) is 3.06. The topological polar surface area (TPSA) is 34.1 Å². The molecule has 100 valence electrons. The zero-order valence-electron chi connectivity index (χ0n) is 10.9. The Bertz CT molecular complexity index is 753. The maximum Gasteiger partial charge on any atom is 0.167 e. The van der Waals surface area contributed by atoms with Gasteiger partial charge in [-0.2, -0.15) is 0 Å². The van der Waals surface area contributed by atoms with Crippen molar-refractivity contribution < 1.29 is 9.13 Å². The van der Waals surface area contributed by atoms with Gasteiger partial charge in [-0.1, -0.05) is 18.2 Å². The Kier molecular flexibility index (Phi) is 3.21. The zero-order valence-corrected chi connectivity index (χ0v) is 10.9. The van der Waals surface area contributed by atoms with Gasteiger partial charge in [0.25, 0.3) is 0 Å². The average molecular weight is 268 g/mol. The van der Waals surface area contributed by atoms with E-state index in [1.54, 1.807) is 18.3 Å². The molecule has 1 N–H and O–H groups in total. The van der Waals surface area contributed by atoms with Crippen molar-refractivity contribution in [3.8, 4) is 5.75 Å². The van der Waals surface area contributed by atoms with Gasteiger partial charge in [-0.3, -0.25) is 4.98 Å². The molecule has 0 aliphatic heterocycles. The summed E-state index contributed by atoms with van der Waals surface area (Å²) in [6.45, 7) is 0. The summed E-state index contributed by atoms with van der Waals surface area (Å²) < 4.78 is 18.6. The number of anilines is 2. The van der Waals surface area contributed by atoms with Crippen molar-refractivity contribution in [1.82, 2.24) is 4.98 Å². The molecule has 0 aliphatic rings. The summed E-state index contributed by atoms with van der Waals surface area (Å²) in [5.41, 5.74) is 2.35. The summed E-state index contributed by atoms with van der Waals surface area (Å²) in [6.07, 6.45) is 1.74. The van der Waals surface area contributed by atoms with Crippen molar-refractivity contribution in [2.75, 3.05) is 12.4 Å². The summed E-state index contributed by atoms with van der Waals surface area (Å²) in [5.74, 6) is -0.169. The van der Waals surface area contributed by atoms with Gasteiger partial charge >= 0.3 is 0 Å². The number of hydrogen-bond donors (Lipinski definition) is 1. The van der Waals surface area contributed by atoms with Crippen molar-refractivity contribution in [2.45, 2.75) is 0 Å². The van der Waals surface area contributed by atoms with E-state index in [4.69, 9.17) is 4.74 Å². The summed E-state index contributed by atoms with van der Waals surface area (Å²) in [5, 5.41) is 4.21. The van der Waals surface area contributed by atoms with E-state index >= 15 is 0 Å². The van der Waals surface area contributed by atoms with E-state index in [0.717, 1.165) is 16.6 Å². The van der Waals surface area contributed by atoms with E-state index in [-0.39, 0.29) is 5.75 Å². The number of rotatable bonds is 3. The predicted octanol–water partition coefficient (Wildman–Crippen LogP) is 4.13. The summed E-state index contributed by atoms with van der Waals surface area (Å²) >= 11 is 0. The molecule has 3 rings (SSSR count). The number of benzene rings is 2. The van der Waals surface area contributed by atoms with Crippen LogP contribution in [-0.4, -0.2) is 12.1 Å². The minimum absolute atomic E-state index is 0.228. The van der Waals surface area contributed by atoms with Crippen molar-refractivity contribution in [2.24, 2.45) is 0 Å². The molecule has 0 saturated carbocycles. The molecular formula is C16H13FN2O. The van der Waals surface area contributed by atoms with Crippen LogP contribution in [0, 0.1) is 5.82 Å². The van der Waals surface area contributed by atoms with Gasteiger partial charge in [0.2, 0.25) is 0 Å². The van der Waals surface area contributed by atoms with E-state index in [2.05, 4.69) is 10.3 Å². The zero-order chi connectivity index (χ0) is 13.9. The predicted molar refractivity (Wildman–Crippen MR) is 78.0 cm³/mol. The van der Waals surface area contributed by atoms with E-state index in [0.29, 0.717) is 5.69 Å². The smallest absolute Gasteiger partial charge is 0.167 e. The fraction of sp³-hybridized carbons (Fsp3) is 0.0625. The van der Waals surface area contributed by atoms with E-state index in [1.165, 1.54) is 13.2 Å². The second-order valence-electron chi connectivity index (χ2n) is 4.36. The van der Waals surface area contributed by atoms with Crippen LogP contribution in [0.25, 0.3) is 10.9 Å². The lowest BCUT2D eigenvalue weighted by atomic mass is 10.2. The Balaban J connectivity index is 1.99. The first-order valence-corrected chi connectivity index (χ1v) is 6.22. The molecule has 3 aromatic rings. The number of nitrogens with one attached hydrogen (secondary N) is 1. The Morgan fingerprint density at radius 1 is 1.10 bits per heavy atom. The quantitative estimate of drug-likeness (QED) is 0.775. The van der Waals surface area contributed by atoms with Gasteiger partial charge in [-0.25, -0.2) is 4.39 Å². The second kappa shape index (κ2) is 5.17. The first-order valence-electron chi connectivity index (χ1n) is 6.22. The monoisotopic (exact) mass is 268 g/mol. The van der Waals surface area contributed by atoms with Crippen molar-refractivity contribution in [3.63, 3.8) is 0 Å². The standard InChI is InChI=1S/C16H13FN2O/c1-20-15-8-7-12(10-13(15)17)19-14-6-2-4-11-5-3-9-18-16(11)14/h2-10,19H,1H3. The maximum atomic E-state index is 13.7. The van der Waals surface area contributed by atoms with E-state index < -0.39 is 5.82 Å². The van der Waals surface area contributed by atoms with Crippen LogP contribution in [0.5, 0.6) is 5.75 Å². The van der Waals surface area contributed by atoms with Crippen LogP contribution in [0.3, 0.4) is 0 Å². The van der Waals surface area contributed by atoms with Crippen LogP contribution in [0.2, 0.25) is 0 Å². The van der Waals surface area contributed by atoms with Crippen molar-refractivity contribution in [1.29, 1.82) is 0 Å². The number of halogens is 1. The van der Waals surface area contributed by atoms with Gasteiger partial charge in [-0.15, -0.1) is 0 Å². The highest BCUT2D eigenvalue weighted by atomic mass is 19.1. The molecule has 20 heavy (non-hydrogen) atoms. The van der Waals surface area contributed by atoms with Gasteiger partial charge in [0.15, 0.2) is 11.6 Å². The summed E-state index contributed by atoms with van der Waals surface area (Å²) in [7, 11) is 1.44. The van der Waals surface area contributed by atoms with E-state index in [1.807, 2.05) is 30.3 Å². The largest absolute Gasteiger partial charge is 0.494 e. The molecule has 0 unspecified atom stereocenters. The van der Waals surface area contributed by atoms with Crippen LogP contribution in [0.15, 0.2) is 54.7 Å². The molecule has 2 aromatic carbocycles. The second-order valence-corrected chi connectivity index (χ2v) is 4.36. The number of aromatic nitrogens is 1. The van der Waals surface area contributed by atoms with Crippen LogP contribution >= 0.6 is 0 Å². The fourth-order valence-corrected chi connectivity index (χ4v) is 2.10. The molecule has 0 bridgehead atoms. The normalized spacial score (nSPS) is 10.5. The number of para-hydroxylation sites is 1. The first-order chi connectivity index (χ1) is 9.78. The Morgan fingerprint density at radius 3 is 2.75 bits per heavy atom. The lowest BCUT2D eigenvalue weighted by Gasteiger charge is -2.10. The molecule has 0 spiro atoms. The first kappa shape index (κ1) is 12.4. The number of methoxy groups -OCH3 is 1. The van der Waals surface area contributed by atoms with Gasteiger partial charge < -0.3 is 10.1 Å². The lowest BCUT2D eigenvalue weighted by molar-refractivity contribution is 0.386. The number of pyridine rings is 1. The SMILES string of the molecule is COc1ccc(Nc2cccc3cccnc23)cc1F. The Hall–Kier alpha value is -2.62. The number of ether oxygens (including phenoxy) is 1. The van der Waals surface area contributed by atoms with E-state index in [9.17, 15) is 4.39 Å². The highest BCUT2D eigenvalue weighted by Gasteiger charge is 2.06. The summed E-state index contributed by atoms with van der Waals surface area (Å²) in [6, 6.07) is 14.5. The third kappa shape index (κ3) is 2.28. The molecule has 3 nitrogen and oxygen atoms in total. The fourth-order valence-electron chi connectivity index (χ4n) is 2.10. The molecule has 1 heterocycles. The number of fused-ring (bicyclic) bond motifs is 1. The molecule has 1 aromatic heterocycles. The van der Waals surface area contributed by atoms with Crippen molar-refractivity contribution in [3.05, 3.63) is 60.5 Å². The van der Waals surface area contributed by atoms with Gasteiger partial charge in [-0.05, 0) is 24.3 Å². The lowest BCUT2D eigenvalue weighted by Crippen LogP contribution is -1.95. The van der Waals surface area contributed by atoms with Crippen LogP contribution in [-0.2, 0) is 0 Å². The third-order valence-electron chi connectivity index (χ3n) is 3.06. The Labute approximate surface area is 116 Å². The number of nitrogens with zero attached hydrogens (tertiary/aromatic N) is 1. The van der Waals surface area contributed by atoms with Gasteiger partial charge in [0.05, 0.1) is 18.3 Å². The molecule has 0 amide bonds. The summed E-state index contributed by atoms with van der Waals surface area (Å²) in [4.78, 5) is 4.35. The van der Waals surface area contributed by atoms with Gasteiger partial charge in [0.1, 0.15) is 0 Å².